The lowest BCUT2D eigenvalue weighted by Gasteiger charge is -2.08. The molecule has 3 nitrogen and oxygen atoms in total. The molecule has 0 aromatic heterocycles. The Labute approximate surface area is 120 Å². The molecule has 0 spiro atoms. The van der Waals surface area contributed by atoms with Crippen molar-refractivity contribution in [1.29, 1.82) is 0 Å². The van der Waals surface area contributed by atoms with E-state index in [2.05, 4.69) is 15.9 Å². The third-order valence-corrected chi connectivity index (χ3v) is 3.30. The number of carboxylic acids is 1. The van der Waals surface area contributed by atoms with Crippen molar-refractivity contribution >= 4 is 21.9 Å². The molecule has 0 radical (unpaired) electrons. The van der Waals surface area contributed by atoms with E-state index in [9.17, 15) is 4.79 Å². The highest BCUT2D eigenvalue weighted by Crippen LogP contribution is 2.22. The number of carbonyl (C=O) groups is 1. The first-order valence-corrected chi connectivity index (χ1v) is 6.75. The second-order valence-corrected chi connectivity index (χ2v) is 5.17. The standard InChI is InChI=1S/C15H13BrO3/c16-14(15(17)18)10-11-6-8-13(9-7-11)19-12-4-2-1-3-5-12/h1-9,14H,10H2,(H,17,18). The molecule has 0 saturated heterocycles. The summed E-state index contributed by atoms with van der Waals surface area (Å²) >= 11 is 3.12. The molecule has 1 unspecified atom stereocenters. The van der Waals surface area contributed by atoms with Gasteiger partial charge in [-0.15, -0.1) is 0 Å². The lowest BCUT2D eigenvalue weighted by atomic mass is 10.1. The van der Waals surface area contributed by atoms with Gasteiger partial charge in [0, 0.05) is 0 Å². The monoisotopic (exact) mass is 320 g/mol. The van der Waals surface area contributed by atoms with E-state index in [0.717, 1.165) is 17.1 Å². The molecule has 2 aromatic rings. The fourth-order valence-corrected chi connectivity index (χ4v) is 1.99. The van der Waals surface area contributed by atoms with Gasteiger partial charge in [-0.25, -0.2) is 0 Å². The van der Waals surface area contributed by atoms with Crippen LogP contribution in [0.25, 0.3) is 0 Å². The largest absolute Gasteiger partial charge is 0.480 e. The van der Waals surface area contributed by atoms with Crippen molar-refractivity contribution in [2.24, 2.45) is 0 Å². The van der Waals surface area contributed by atoms with E-state index >= 15 is 0 Å². The van der Waals surface area contributed by atoms with Crippen LogP contribution >= 0.6 is 15.9 Å². The Hall–Kier alpha value is -1.81. The Morgan fingerprint density at radius 3 is 2.21 bits per heavy atom. The summed E-state index contributed by atoms with van der Waals surface area (Å²) in [4.78, 5) is 10.2. The number of halogens is 1. The summed E-state index contributed by atoms with van der Waals surface area (Å²) in [6.45, 7) is 0. The minimum atomic E-state index is -0.857. The van der Waals surface area contributed by atoms with Crippen LogP contribution in [0.15, 0.2) is 54.6 Å². The lowest BCUT2D eigenvalue weighted by Crippen LogP contribution is -2.15. The molecule has 4 heteroatoms. The van der Waals surface area contributed by atoms with Gasteiger partial charge < -0.3 is 9.84 Å². The lowest BCUT2D eigenvalue weighted by molar-refractivity contribution is -0.136. The molecule has 0 bridgehead atoms. The van der Waals surface area contributed by atoms with Crippen molar-refractivity contribution in [1.82, 2.24) is 0 Å². The molecule has 0 aliphatic rings. The Morgan fingerprint density at radius 2 is 1.63 bits per heavy atom. The summed E-state index contributed by atoms with van der Waals surface area (Å²) in [5, 5.41) is 8.82. The number of ether oxygens (including phenoxy) is 1. The second kappa shape index (κ2) is 6.38. The van der Waals surface area contributed by atoms with Crippen molar-refractivity contribution < 1.29 is 14.6 Å². The van der Waals surface area contributed by atoms with E-state index in [1.165, 1.54) is 0 Å². The van der Waals surface area contributed by atoms with Gasteiger partial charge in [-0.05, 0) is 36.2 Å². The van der Waals surface area contributed by atoms with Crippen LogP contribution in [0.4, 0.5) is 0 Å². The fraction of sp³-hybridized carbons (Fsp3) is 0.133. The average molecular weight is 321 g/mol. The third-order valence-electron chi connectivity index (χ3n) is 2.59. The van der Waals surface area contributed by atoms with E-state index in [1.807, 2.05) is 54.6 Å². The van der Waals surface area contributed by atoms with Crippen LogP contribution in [0, 0.1) is 0 Å². The molecule has 0 fully saturated rings. The number of benzene rings is 2. The molecule has 1 N–H and O–H groups in total. The van der Waals surface area contributed by atoms with Crippen LogP contribution in [0.3, 0.4) is 0 Å². The van der Waals surface area contributed by atoms with E-state index in [0.29, 0.717) is 6.42 Å². The molecule has 19 heavy (non-hydrogen) atoms. The highest BCUT2D eigenvalue weighted by atomic mass is 79.9. The molecule has 0 aliphatic heterocycles. The maximum Gasteiger partial charge on any atom is 0.317 e. The summed E-state index contributed by atoms with van der Waals surface area (Å²) in [7, 11) is 0. The maximum absolute atomic E-state index is 10.7. The minimum Gasteiger partial charge on any atom is -0.480 e. The van der Waals surface area contributed by atoms with Gasteiger partial charge >= 0.3 is 5.97 Å². The van der Waals surface area contributed by atoms with Gasteiger partial charge in [-0.2, -0.15) is 0 Å². The summed E-state index contributed by atoms with van der Waals surface area (Å²) in [6, 6.07) is 16.9. The zero-order valence-corrected chi connectivity index (χ0v) is 11.7. The van der Waals surface area contributed by atoms with Crippen molar-refractivity contribution in [3.63, 3.8) is 0 Å². The molecule has 0 aliphatic carbocycles. The van der Waals surface area contributed by atoms with Crippen molar-refractivity contribution in [3.05, 3.63) is 60.2 Å². The smallest absolute Gasteiger partial charge is 0.317 e. The number of aliphatic carboxylic acids is 1. The Bertz CT molecular complexity index is 537. The number of carboxylic acid groups (broad SMARTS) is 1. The van der Waals surface area contributed by atoms with Gasteiger partial charge in [0.2, 0.25) is 0 Å². The fourth-order valence-electron chi connectivity index (χ4n) is 1.61. The Kier molecular flexibility index (Phi) is 4.58. The van der Waals surface area contributed by atoms with Gasteiger partial charge in [0.1, 0.15) is 16.3 Å². The first-order chi connectivity index (χ1) is 9.15. The molecule has 0 amide bonds. The molecule has 0 heterocycles. The Morgan fingerprint density at radius 1 is 1.05 bits per heavy atom. The number of hydrogen-bond acceptors (Lipinski definition) is 2. The zero-order valence-electron chi connectivity index (χ0n) is 10.1. The van der Waals surface area contributed by atoms with E-state index < -0.39 is 10.8 Å². The van der Waals surface area contributed by atoms with Crippen LogP contribution in [0.2, 0.25) is 0 Å². The second-order valence-electron chi connectivity index (χ2n) is 4.07. The quantitative estimate of drug-likeness (QED) is 0.851. The number of alkyl halides is 1. The predicted molar refractivity (Wildman–Crippen MR) is 77.0 cm³/mol. The van der Waals surface area contributed by atoms with Gasteiger partial charge in [-0.3, -0.25) is 4.79 Å². The maximum atomic E-state index is 10.7. The highest BCUT2D eigenvalue weighted by molar-refractivity contribution is 9.10. The van der Waals surface area contributed by atoms with Crippen molar-refractivity contribution in [2.45, 2.75) is 11.2 Å². The van der Waals surface area contributed by atoms with E-state index in [4.69, 9.17) is 9.84 Å². The molecule has 2 rings (SSSR count). The van der Waals surface area contributed by atoms with Gasteiger partial charge in [0.05, 0.1) is 0 Å². The first kappa shape index (κ1) is 13.6. The molecule has 98 valence electrons. The first-order valence-electron chi connectivity index (χ1n) is 5.84. The number of para-hydroxylation sites is 1. The van der Waals surface area contributed by atoms with Crippen LogP contribution in [-0.2, 0) is 11.2 Å². The molecule has 0 saturated carbocycles. The zero-order chi connectivity index (χ0) is 13.7. The third kappa shape index (κ3) is 4.10. The number of rotatable bonds is 5. The minimum absolute atomic E-state index is 0.445. The van der Waals surface area contributed by atoms with Gasteiger partial charge in [0.15, 0.2) is 0 Å². The van der Waals surface area contributed by atoms with Gasteiger partial charge in [0.25, 0.3) is 0 Å². The topological polar surface area (TPSA) is 46.5 Å². The van der Waals surface area contributed by atoms with E-state index in [-0.39, 0.29) is 0 Å². The summed E-state index contributed by atoms with van der Waals surface area (Å²) in [5.74, 6) is 0.653. The highest BCUT2D eigenvalue weighted by Gasteiger charge is 2.13. The summed E-state index contributed by atoms with van der Waals surface area (Å²) in [5.41, 5.74) is 0.949. The average Bonchev–Trinajstić information content (AvgIpc) is 2.42. The normalized spacial score (nSPS) is 11.8. The van der Waals surface area contributed by atoms with Crippen LogP contribution in [0.5, 0.6) is 11.5 Å². The van der Waals surface area contributed by atoms with Crippen LogP contribution < -0.4 is 4.74 Å². The van der Waals surface area contributed by atoms with Crippen molar-refractivity contribution in [3.8, 4) is 11.5 Å². The van der Waals surface area contributed by atoms with E-state index in [1.54, 1.807) is 0 Å². The summed E-state index contributed by atoms with van der Waals surface area (Å²) < 4.78 is 5.66. The van der Waals surface area contributed by atoms with Crippen LogP contribution in [0.1, 0.15) is 5.56 Å². The summed E-state index contributed by atoms with van der Waals surface area (Å²) in [6.07, 6.45) is 0.445. The van der Waals surface area contributed by atoms with Gasteiger partial charge in [-0.1, -0.05) is 46.3 Å². The number of hydrogen-bond donors (Lipinski definition) is 1. The van der Waals surface area contributed by atoms with Crippen molar-refractivity contribution in [2.75, 3.05) is 0 Å². The molecular formula is C15H13BrO3. The molecule has 2 aromatic carbocycles. The molecule has 1 atom stereocenters. The Balaban J connectivity index is 2.01. The molecular weight excluding hydrogens is 308 g/mol. The predicted octanol–water partition coefficient (Wildman–Crippen LogP) is 3.87. The van der Waals surface area contributed by atoms with Crippen LogP contribution in [-0.4, -0.2) is 15.9 Å². The SMILES string of the molecule is O=C(O)C(Br)Cc1ccc(Oc2ccccc2)cc1.